The van der Waals surface area contributed by atoms with Crippen LogP contribution in [0, 0.1) is 11.6 Å². The molecule has 1 saturated carbocycles. The number of anilines is 2. The van der Waals surface area contributed by atoms with Crippen LogP contribution in [0.4, 0.5) is 19.7 Å². The molecule has 0 spiro atoms. The number of piperidine rings is 1. The van der Waals surface area contributed by atoms with E-state index in [0.29, 0.717) is 50.1 Å². The third-order valence-corrected chi connectivity index (χ3v) is 9.80. The van der Waals surface area contributed by atoms with Crippen LogP contribution in [0.3, 0.4) is 0 Å². The average molecular weight is 542 g/mol. The maximum absolute atomic E-state index is 14.0. The van der Waals surface area contributed by atoms with Crippen LogP contribution in [0.1, 0.15) is 66.6 Å². The highest BCUT2D eigenvalue weighted by Gasteiger charge is 2.29. The van der Waals surface area contributed by atoms with Crippen LogP contribution in [0.2, 0.25) is 0 Å². The zero-order chi connectivity index (χ0) is 25.7. The first-order valence-corrected chi connectivity index (χ1v) is 14.9. The van der Waals surface area contributed by atoms with E-state index in [2.05, 4.69) is 15.6 Å². The molecule has 2 heterocycles. The second kappa shape index (κ2) is 11.9. The number of nitrogens with zero attached hydrogens (tertiary/aromatic N) is 2. The Kier molecular flexibility index (Phi) is 8.91. The lowest BCUT2D eigenvalue weighted by molar-refractivity contribution is 0.103. The molecule has 36 heavy (non-hydrogen) atoms. The molecule has 1 aliphatic carbocycles. The lowest BCUT2D eigenvalue weighted by Gasteiger charge is -2.31. The van der Waals surface area contributed by atoms with Gasteiger partial charge in [-0.2, -0.15) is 0 Å². The number of carbonyl (C=O) groups is 1. The fourth-order valence-electron chi connectivity index (χ4n) is 4.83. The van der Waals surface area contributed by atoms with Crippen molar-refractivity contribution in [1.29, 1.82) is 0 Å². The molecule has 0 atom stereocenters. The number of aromatic nitrogens is 1. The first-order chi connectivity index (χ1) is 17.2. The summed E-state index contributed by atoms with van der Waals surface area (Å²) in [6.45, 7) is 1.50. The zero-order valence-electron chi connectivity index (χ0n) is 20.1. The number of hydrogen-bond donors (Lipinski definition) is 3. The molecule has 0 amide bonds. The minimum atomic E-state index is -3.32. The molecular formula is C24H33F2N5O3S2. The molecule has 8 nitrogen and oxygen atoms in total. The van der Waals surface area contributed by atoms with Crippen molar-refractivity contribution in [2.75, 3.05) is 36.4 Å². The predicted octanol–water partition coefficient (Wildman–Crippen LogP) is 3.75. The number of nitrogens with two attached hydrogens (primary N) is 1. The number of nitrogens with one attached hydrogen (secondary N) is 2. The van der Waals surface area contributed by atoms with Crippen molar-refractivity contribution >= 4 is 38.1 Å². The Morgan fingerprint density at radius 3 is 2.42 bits per heavy atom. The number of thiazole rings is 1. The van der Waals surface area contributed by atoms with Gasteiger partial charge in [-0.25, -0.2) is 26.5 Å². The van der Waals surface area contributed by atoms with Crippen molar-refractivity contribution in [3.8, 4) is 0 Å². The maximum atomic E-state index is 14.0. The molecule has 2 fully saturated rings. The van der Waals surface area contributed by atoms with Crippen LogP contribution in [0.5, 0.6) is 0 Å². The molecular weight excluding hydrogens is 508 g/mol. The van der Waals surface area contributed by atoms with E-state index in [1.165, 1.54) is 42.5 Å². The van der Waals surface area contributed by atoms with E-state index < -0.39 is 33.0 Å². The SMILES string of the molecule is Nc1nc(NC2CCN(S(=O)(=O)CCCNC3CCCCC3)CC2)sc1C(=O)c1c(F)cccc1F. The van der Waals surface area contributed by atoms with Gasteiger partial charge in [0.25, 0.3) is 0 Å². The molecule has 1 aliphatic heterocycles. The van der Waals surface area contributed by atoms with E-state index in [4.69, 9.17) is 5.73 Å². The number of ketones is 1. The lowest BCUT2D eigenvalue weighted by atomic mass is 9.95. The van der Waals surface area contributed by atoms with Gasteiger partial charge in [-0.15, -0.1) is 0 Å². The molecule has 1 aromatic carbocycles. The van der Waals surface area contributed by atoms with Crippen molar-refractivity contribution in [1.82, 2.24) is 14.6 Å². The summed E-state index contributed by atoms with van der Waals surface area (Å²) in [6.07, 6.45) is 7.87. The van der Waals surface area contributed by atoms with Gasteiger partial charge in [0.05, 0.1) is 11.3 Å². The highest BCUT2D eigenvalue weighted by atomic mass is 32.2. The van der Waals surface area contributed by atoms with Crippen LogP contribution >= 0.6 is 11.3 Å². The highest BCUT2D eigenvalue weighted by Crippen LogP contribution is 2.30. The molecule has 0 unspecified atom stereocenters. The Morgan fingerprint density at radius 1 is 1.08 bits per heavy atom. The first-order valence-electron chi connectivity index (χ1n) is 12.5. The second-order valence-corrected chi connectivity index (χ2v) is 12.5. The van der Waals surface area contributed by atoms with Crippen molar-refractivity contribution in [2.45, 2.75) is 63.5 Å². The summed E-state index contributed by atoms with van der Waals surface area (Å²) in [5.74, 6) is -2.74. The van der Waals surface area contributed by atoms with Crippen molar-refractivity contribution in [2.24, 2.45) is 0 Å². The van der Waals surface area contributed by atoms with Gasteiger partial charge >= 0.3 is 0 Å². The number of rotatable bonds is 10. The fourth-order valence-corrected chi connectivity index (χ4v) is 7.28. The van der Waals surface area contributed by atoms with Crippen LogP contribution in [-0.2, 0) is 10.0 Å². The van der Waals surface area contributed by atoms with Crippen LogP contribution < -0.4 is 16.4 Å². The summed E-state index contributed by atoms with van der Waals surface area (Å²) in [4.78, 5) is 16.8. The standard InChI is InChI=1S/C24H33F2N5O3S2/c25-18-8-4-9-19(26)20(18)21(32)22-23(27)30-24(35-22)29-17-10-13-31(14-11-17)36(33,34)15-5-12-28-16-6-2-1-3-7-16/h4,8-9,16-17,28H,1-3,5-7,10-15,27H2,(H,29,30). The van der Waals surface area contributed by atoms with Crippen molar-refractivity contribution in [3.63, 3.8) is 0 Å². The third-order valence-electron chi connectivity index (χ3n) is 6.84. The second-order valence-electron chi connectivity index (χ2n) is 9.44. The van der Waals surface area contributed by atoms with Gasteiger partial charge in [0.2, 0.25) is 15.8 Å². The molecule has 0 radical (unpaired) electrons. The molecule has 12 heteroatoms. The van der Waals surface area contributed by atoms with E-state index >= 15 is 0 Å². The Morgan fingerprint density at radius 2 is 1.75 bits per heavy atom. The summed E-state index contributed by atoms with van der Waals surface area (Å²) in [5, 5.41) is 7.05. The first kappa shape index (κ1) is 26.9. The highest BCUT2D eigenvalue weighted by molar-refractivity contribution is 7.89. The van der Waals surface area contributed by atoms with Crippen molar-refractivity contribution < 1.29 is 22.0 Å². The normalized spacial score (nSPS) is 18.4. The molecule has 0 bridgehead atoms. The Labute approximate surface area is 214 Å². The average Bonchev–Trinajstić information content (AvgIpc) is 3.22. The van der Waals surface area contributed by atoms with E-state index in [1.54, 1.807) is 0 Å². The number of hydrogen-bond acceptors (Lipinski definition) is 8. The maximum Gasteiger partial charge on any atom is 0.214 e. The fraction of sp³-hybridized carbons (Fsp3) is 0.583. The van der Waals surface area contributed by atoms with Gasteiger partial charge in [0.1, 0.15) is 22.3 Å². The van der Waals surface area contributed by atoms with E-state index in [1.807, 2.05) is 0 Å². The number of nitrogen functional groups attached to an aromatic ring is 1. The molecule has 1 aromatic heterocycles. The molecule has 2 aliphatic rings. The van der Waals surface area contributed by atoms with Crippen LogP contribution in [0.25, 0.3) is 0 Å². The molecule has 4 N–H and O–H groups in total. The smallest absolute Gasteiger partial charge is 0.214 e. The lowest BCUT2D eigenvalue weighted by Crippen LogP contribution is -2.43. The minimum Gasteiger partial charge on any atom is -0.382 e. The van der Waals surface area contributed by atoms with Gasteiger partial charge in [-0.1, -0.05) is 36.7 Å². The van der Waals surface area contributed by atoms with E-state index in [9.17, 15) is 22.0 Å². The Bertz CT molecular complexity index is 1140. The molecule has 198 valence electrons. The molecule has 2 aromatic rings. The topological polar surface area (TPSA) is 117 Å². The van der Waals surface area contributed by atoms with Crippen molar-refractivity contribution in [3.05, 3.63) is 40.3 Å². The van der Waals surface area contributed by atoms with Gasteiger partial charge in [-0.05, 0) is 50.8 Å². The van der Waals surface area contributed by atoms with Crippen LogP contribution in [0.15, 0.2) is 18.2 Å². The van der Waals surface area contributed by atoms with Crippen LogP contribution in [-0.4, -0.2) is 61.0 Å². The predicted molar refractivity (Wildman–Crippen MR) is 138 cm³/mol. The third kappa shape index (κ3) is 6.58. The number of sulfonamides is 1. The van der Waals surface area contributed by atoms with Gasteiger partial charge in [0, 0.05) is 25.2 Å². The van der Waals surface area contributed by atoms with E-state index in [-0.39, 0.29) is 22.5 Å². The number of benzene rings is 1. The number of halogens is 2. The monoisotopic (exact) mass is 541 g/mol. The van der Waals surface area contributed by atoms with Gasteiger partial charge < -0.3 is 16.4 Å². The zero-order valence-corrected chi connectivity index (χ0v) is 21.8. The largest absolute Gasteiger partial charge is 0.382 e. The quantitative estimate of drug-likeness (QED) is 0.310. The summed E-state index contributed by atoms with van der Waals surface area (Å²) in [5.41, 5.74) is 5.21. The summed E-state index contributed by atoms with van der Waals surface area (Å²) in [7, 11) is -3.32. The summed E-state index contributed by atoms with van der Waals surface area (Å²) >= 11 is 0.936. The number of carbonyl (C=O) groups excluding carboxylic acids is 1. The van der Waals surface area contributed by atoms with Gasteiger partial charge in [0.15, 0.2) is 5.13 Å². The molecule has 1 saturated heterocycles. The van der Waals surface area contributed by atoms with Gasteiger partial charge in [-0.3, -0.25) is 4.79 Å². The Balaban J connectivity index is 1.26. The summed E-state index contributed by atoms with van der Waals surface area (Å²) < 4.78 is 55.1. The summed E-state index contributed by atoms with van der Waals surface area (Å²) in [6, 6.07) is 3.68. The van der Waals surface area contributed by atoms with E-state index in [0.717, 1.165) is 23.5 Å². The molecule has 4 rings (SSSR count). The minimum absolute atomic E-state index is 0.0386. The Hall–Kier alpha value is -2.15.